The van der Waals surface area contributed by atoms with E-state index < -0.39 is 5.97 Å². The minimum atomic E-state index is -0.391. The summed E-state index contributed by atoms with van der Waals surface area (Å²) in [4.78, 5) is 11.1. The van der Waals surface area contributed by atoms with Crippen molar-refractivity contribution in [1.29, 1.82) is 0 Å². The van der Waals surface area contributed by atoms with E-state index in [-0.39, 0.29) is 0 Å². The summed E-state index contributed by atoms with van der Waals surface area (Å²) in [5, 5.41) is 3.14. The van der Waals surface area contributed by atoms with Crippen molar-refractivity contribution in [3.8, 4) is 0 Å². The lowest BCUT2D eigenvalue weighted by Gasteiger charge is -2.09. The van der Waals surface area contributed by atoms with E-state index in [1.54, 1.807) is 7.11 Å². The van der Waals surface area contributed by atoms with E-state index in [1.165, 1.54) is 13.2 Å². The second kappa shape index (κ2) is 7.46. The number of hydrogen-bond acceptors (Lipinski definition) is 4. The molecule has 0 bridgehead atoms. The first-order valence-electron chi connectivity index (χ1n) is 5.31. The molecule has 0 heterocycles. The summed E-state index contributed by atoms with van der Waals surface area (Å²) in [7, 11) is 2.93. The summed E-state index contributed by atoms with van der Waals surface area (Å²) in [5.74, 6) is -0.391. The number of carbonyl (C=O) groups is 1. The van der Waals surface area contributed by atoms with Crippen molar-refractivity contribution in [2.24, 2.45) is 0 Å². The first-order chi connectivity index (χ1) is 8.26. The van der Waals surface area contributed by atoms with Crippen molar-refractivity contribution in [3.05, 3.63) is 47.7 Å². The standard InChI is InChI=1S/C13H17NO3/c1-16-10-12(8-13(15)17-2)14-9-11-6-4-3-5-7-11/h3-8,14H,9-10H2,1-2H3/b12-8-. The van der Waals surface area contributed by atoms with E-state index in [0.29, 0.717) is 18.8 Å². The van der Waals surface area contributed by atoms with Crippen LogP contribution in [0.5, 0.6) is 0 Å². The van der Waals surface area contributed by atoms with Crippen LogP contribution in [-0.4, -0.2) is 26.8 Å². The molecule has 1 aromatic carbocycles. The smallest absolute Gasteiger partial charge is 0.332 e. The van der Waals surface area contributed by atoms with Crippen molar-refractivity contribution in [3.63, 3.8) is 0 Å². The second-order valence-corrected chi connectivity index (χ2v) is 3.46. The van der Waals surface area contributed by atoms with E-state index in [9.17, 15) is 4.79 Å². The molecule has 0 aliphatic carbocycles. The molecule has 0 radical (unpaired) electrons. The Morgan fingerprint density at radius 3 is 2.59 bits per heavy atom. The van der Waals surface area contributed by atoms with Gasteiger partial charge in [0.1, 0.15) is 0 Å². The second-order valence-electron chi connectivity index (χ2n) is 3.46. The highest BCUT2D eigenvalue weighted by Crippen LogP contribution is 2.00. The summed E-state index contributed by atoms with van der Waals surface area (Å²) >= 11 is 0. The molecule has 0 saturated carbocycles. The Kier molecular flexibility index (Phi) is 5.82. The van der Waals surface area contributed by atoms with Gasteiger partial charge in [-0.05, 0) is 5.56 Å². The first kappa shape index (κ1) is 13.3. The van der Waals surface area contributed by atoms with Crippen LogP contribution in [0.15, 0.2) is 42.1 Å². The van der Waals surface area contributed by atoms with Gasteiger partial charge in [-0.2, -0.15) is 0 Å². The summed E-state index contributed by atoms with van der Waals surface area (Å²) < 4.78 is 9.57. The van der Waals surface area contributed by atoms with E-state index in [1.807, 2.05) is 30.3 Å². The molecule has 1 rings (SSSR count). The molecule has 0 fully saturated rings. The Bertz CT molecular complexity index is 374. The number of carbonyl (C=O) groups excluding carboxylic acids is 1. The van der Waals surface area contributed by atoms with E-state index >= 15 is 0 Å². The summed E-state index contributed by atoms with van der Waals surface area (Å²) in [6.07, 6.45) is 1.40. The van der Waals surface area contributed by atoms with Crippen LogP contribution in [0, 0.1) is 0 Å². The third-order valence-corrected chi connectivity index (χ3v) is 2.16. The zero-order valence-corrected chi connectivity index (χ0v) is 10.1. The van der Waals surface area contributed by atoms with Gasteiger partial charge in [-0.25, -0.2) is 4.79 Å². The fraction of sp³-hybridized carbons (Fsp3) is 0.308. The molecule has 0 unspecified atom stereocenters. The van der Waals surface area contributed by atoms with Crippen molar-refractivity contribution < 1.29 is 14.3 Å². The lowest BCUT2D eigenvalue weighted by Crippen LogP contribution is -2.18. The SMILES string of the molecule is COC/C(=C/C(=O)OC)NCc1ccccc1. The van der Waals surface area contributed by atoms with Crippen molar-refractivity contribution >= 4 is 5.97 Å². The maximum Gasteiger partial charge on any atom is 0.332 e. The minimum absolute atomic E-state index is 0.349. The fourth-order valence-corrected chi connectivity index (χ4v) is 1.31. The molecule has 0 amide bonds. The molecule has 17 heavy (non-hydrogen) atoms. The molecule has 0 aliphatic heterocycles. The van der Waals surface area contributed by atoms with Crippen molar-refractivity contribution in [2.75, 3.05) is 20.8 Å². The number of nitrogens with one attached hydrogen (secondary N) is 1. The normalized spacial score (nSPS) is 11.1. The molecule has 1 N–H and O–H groups in total. The molecule has 0 atom stereocenters. The van der Waals surface area contributed by atoms with Crippen LogP contribution >= 0.6 is 0 Å². The number of esters is 1. The molecule has 0 spiro atoms. The van der Waals surface area contributed by atoms with Gasteiger partial charge in [-0.1, -0.05) is 30.3 Å². The van der Waals surface area contributed by atoms with Gasteiger partial charge in [0.2, 0.25) is 0 Å². The molecular formula is C13H17NO3. The molecule has 92 valence electrons. The van der Waals surface area contributed by atoms with Crippen LogP contribution < -0.4 is 5.32 Å². The lowest BCUT2D eigenvalue weighted by atomic mass is 10.2. The monoisotopic (exact) mass is 235 g/mol. The molecule has 0 saturated heterocycles. The number of hydrogen-bond donors (Lipinski definition) is 1. The molecule has 4 heteroatoms. The fourth-order valence-electron chi connectivity index (χ4n) is 1.31. The summed E-state index contributed by atoms with van der Waals surface area (Å²) in [6, 6.07) is 9.92. The van der Waals surface area contributed by atoms with Crippen molar-refractivity contribution in [2.45, 2.75) is 6.54 Å². The Morgan fingerprint density at radius 1 is 1.29 bits per heavy atom. The van der Waals surface area contributed by atoms with Crippen LogP contribution in [0.1, 0.15) is 5.56 Å². The van der Waals surface area contributed by atoms with Gasteiger partial charge in [0, 0.05) is 25.4 Å². The third kappa shape index (κ3) is 5.17. The molecule has 0 aromatic heterocycles. The Hall–Kier alpha value is -1.81. The van der Waals surface area contributed by atoms with Gasteiger partial charge in [0.05, 0.1) is 13.7 Å². The molecule has 1 aromatic rings. The Labute approximate surface area is 101 Å². The average Bonchev–Trinajstić information content (AvgIpc) is 2.37. The van der Waals surface area contributed by atoms with Gasteiger partial charge in [0.25, 0.3) is 0 Å². The maximum absolute atomic E-state index is 11.1. The summed E-state index contributed by atoms with van der Waals surface area (Å²) in [5.41, 5.74) is 1.84. The molecular weight excluding hydrogens is 218 g/mol. The number of benzene rings is 1. The zero-order valence-electron chi connectivity index (χ0n) is 10.1. The third-order valence-electron chi connectivity index (χ3n) is 2.16. The Balaban J connectivity index is 2.56. The predicted molar refractivity (Wildman–Crippen MR) is 65.3 cm³/mol. The first-order valence-corrected chi connectivity index (χ1v) is 5.31. The Morgan fingerprint density at radius 2 is 2.00 bits per heavy atom. The van der Waals surface area contributed by atoms with Gasteiger partial charge in [0.15, 0.2) is 0 Å². The lowest BCUT2D eigenvalue weighted by molar-refractivity contribution is -0.134. The van der Waals surface area contributed by atoms with Crippen LogP contribution in [0.3, 0.4) is 0 Å². The largest absolute Gasteiger partial charge is 0.466 e. The van der Waals surface area contributed by atoms with Crippen LogP contribution in [-0.2, 0) is 20.8 Å². The van der Waals surface area contributed by atoms with Gasteiger partial charge in [-0.15, -0.1) is 0 Å². The highest BCUT2D eigenvalue weighted by atomic mass is 16.5. The average molecular weight is 235 g/mol. The number of ether oxygens (including phenoxy) is 2. The highest BCUT2D eigenvalue weighted by Gasteiger charge is 2.01. The van der Waals surface area contributed by atoms with Crippen LogP contribution in [0.25, 0.3) is 0 Å². The van der Waals surface area contributed by atoms with Gasteiger partial charge < -0.3 is 14.8 Å². The van der Waals surface area contributed by atoms with Gasteiger partial charge >= 0.3 is 5.97 Å². The maximum atomic E-state index is 11.1. The van der Waals surface area contributed by atoms with E-state index in [0.717, 1.165) is 5.56 Å². The van der Waals surface area contributed by atoms with E-state index in [4.69, 9.17) is 4.74 Å². The predicted octanol–water partition coefficient (Wildman–Crippen LogP) is 1.48. The highest BCUT2D eigenvalue weighted by molar-refractivity contribution is 5.82. The topological polar surface area (TPSA) is 47.6 Å². The van der Waals surface area contributed by atoms with Crippen LogP contribution in [0.4, 0.5) is 0 Å². The van der Waals surface area contributed by atoms with Crippen molar-refractivity contribution in [1.82, 2.24) is 5.32 Å². The van der Waals surface area contributed by atoms with Crippen LogP contribution in [0.2, 0.25) is 0 Å². The quantitative estimate of drug-likeness (QED) is 0.599. The number of rotatable bonds is 6. The number of methoxy groups -OCH3 is 2. The van der Waals surface area contributed by atoms with E-state index in [2.05, 4.69) is 10.1 Å². The molecule has 0 aliphatic rings. The zero-order chi connectivity index (χ0) is 12.5. The minimum Gasteiger partial charge on any atom is -0.466 e. The summed E-state index contributed by atoms with van der Waals surface area (Å²) in [6.45, 7) is 0.995. The van der Waals surface area contributed by atoms with Gasteiger partial charge in [-0.3, -0.25) is 0 Å². The molecule has 4 nitrogen and oxygen atoms in total.